The molecule has 2 aliphatic rings. The lowest BCUT2D eigenvalue weighted by Crippen LogP contribution is -2.36. The van der Waals surface area contributed by atoms with Crippen LogP contribution in [0.5, 0.6) is 0 Å². The third-order valence-electron chi connectivity index (χ3n) is 6.93. The Morgan fingerprint density at radius 2 is 1.88 bits per heavy atom. The second-order valence-corrected chi connectivity index (χ2v) is 9.73. The summed E-state index contributed by atoms with van der Waals surface area (Å²) >= 11 is 0. The van der Waals surface area contributed by atoms with E-state index >= 15 is 0 Å². The molecule has 1 fully saturated rings. The first kappa shape index (κ1) is 21.6. The van der Waals surface area contributed by atoms with Crippen LogP contribution in [0.1, 0.15) is 56.9 Å². The monoisotopic (exact) mass is 451 g/mol. The van der Waals surface area contributed by atoms with Gasteiger partial charge in [-0.3, -0.25) is 0 Å². The van der Waals surface area contributed by atoms with E-state index < -0.39 is 0 Å². The minimum atomic E-state index is -0.250. The van der Waals surface area contributed by atoms with Crippen LogP contribution in [0.4, 0.5) is 27.7 Å². The maximum absolute atomic E-state index is 13.5. The van der Waals surface area contributed by atoms with E-state index in [1.807, 2.05) is 14.0 Å². The van der Waals surface area contributed by atoms with E-state index in [0.29, 0.717) is 18.4 Å². The fourth-order valence-corrected chi connectivity index (χ4v) is 5.01. The van der Waals surface area contributed by atoms with E-state index in [0.717, 1.165) is 54.6 Å². The molecule has 1 saturated carbocycles. The van der Waals surface area contributed by atoms with Gasteiger partial charge >= 0.3 is 0 Å². The Balaban J connectivity index is 1.40. The lowest BCUT2D eigenvalue weighted by atomic mass is 9.66. The summed E-state index contributed by atoms with van der Waals surface area (Å²) in [4.78, 5) is 11.8. The first-order chi connectivity index (χ1) is 15.8. The van der Waals surface area contributed by atoms with Gasteiger partial charge in [0.05, 0.1) is 5.41 Å². The Morgan fingerprint density at radius 1 is 1.12 bits per heavy atom. The molecule has 0 unspecified atom stereocenters. The van der Waals surface area contributed by atoms with E-state index in [9.17, 15) is 4.39 Å². The fraction of sp³-hybridized carbons (Fsp3) is 0.500. The summed E-state index contributed by atoms with van der Waals surface area (Å²) in [7, 11) is 1.88. The molecule has 2 aromatic heterocycles. The number of hydrogen-bond acceptors (Lipinski definition) is 8. The number of benzene rings is 1. The van der Waals surface area contributed by atoms with Crippen LogP contribution < -0.4 is 15.5 Å². The largest absolute Gasteiger partial charge is 0.425 e. The van der Waals surface area contributed by atoms with Gasteiger partial charge in [0.1, 0.15) is 17.5 Å². The van der Waals surface area contributed by atoms with Gasteiger partial charge in [0.15, 0.2) is 0 Å². The molecule has 9 heteroatoms. The van der Waals surface area contributed by atoms with Crippen molar-refractivity contribution in [1.82, 2.24) is 20.2 Å². The third kappa shape index (κ3) is 3.79. The zero-order chi connectivity index (χ0) is 23.2. The summed E-state index contributed by atoms with van der Waals surface area (Å²) in [5.41, 5.74) is 1.76. The van der Waals surface area contributed by atoms with Gasteiger partial charge in [-0.1, -0.05) is 20.3 Å². The number of anilines is 4. The van der Waals surface area contributed by atoms with E-state index in [1.54, 1.807) is 12.1 Å². The molecule has 5 rings (SSSR count). The Kier molecular flexibility index (Phi) is 5.22. The Morgan fingerprint density at radius 3 is 2.48 bits per heavy atom. The summed E-state index contributed by atoms with van der Waals surface area (Å²) in [6, 6.07) is 6.55. The maximum Gasteiger partial charge on any atom is 0.226 e. The summed E-state index contributed by atoms with van der Waals surface area (Å²) in [6.45, 7) is 7.62. The highest BCUT2D eigenvalue weighted by Crippen LogP contribution is 2.47. The zero-order valence-corrected chi connectivity index (χ0v) is 19.6. The molecule has 8 nitrogen and oxygen atoms in total. The number of nitrogens with one attached hydrogen (secondary N) is 2. The number of halogens is 1. The lowest BCUT2D eigenvalue weighted by Gasteiger charge is -2.38. The number of nitrogens with zero attached hydrogens (tertiary/aromatic N) is 5. The van der Waals surface area contributed by atoms with Crippen LogP contribution >= 0.6 is 0 Å². The van der Waals surface area contributed by atoms with Crippen LogP contribution in [0.2, 0.25) is 0 Å². The number of aryl methyl sites for hydroxylation is 1. The molecule has 1 aliphatic carbocycles. The van der Waals surface area contributed by atoms with Crippen LogP contribution in [0, 0.1) is 12.7 Å². The van der Waals surface area contributed by atoms with Gasteiger partial charge in [0, 0.05) is 43.7 Å². The van der Waals surface area contributed by atoms with Gasteiger partial charge in [0.25, 0.3) is 0 Å². The van der Waals surface area contributed by atoms with E-state index in [-0.39, 0.29) is 16.6 Å². The molecule has 1 aromatic carbocycles. The van der Waals surface area contributed by atoms with Gasteiger partial charge in [-0.15, -0.1) is 10.2 Å². The minimum absolute atomic E-state index is 0.0566. The summed E-state index contributed by atoms with van der Waals surface area (Å²) in [6.07, 6.45) is 4.14. The van der Waals surface area contributed by atoms with E-state index in [1.165, 1.54) is 18.6 Å². The normalized spacial score (nSPS) is 18.0. The predicted octanol–water partition coefficient (Wildman–Crippen LogP) is 4.70. The van der Waals surface area contributed by atoms with Crippen molar-refractivity contribution in [2.75, 3.05) is 35.7 Å². The van der Waals surface area contributed by atoms with Crippen molar-refractivity contribution in [2.24, 2.45) is 0 Å². The Hall–Kier alpha value is -3.23. The number of fused-ring (bicyclic) bond motifs is 1. The minimum Gasteiger partial charge on any atom is -0.425 e. The molecular weight excluding hydrogens is 421 g/mol. The van der Waals surface area contributed by atoms with Crippen LogP contribution in [0.25, 0.3) is 0 Å². The highest BCUT2D eigenvalue weighted by molar-refractivity contribution is 5.75. The number of hydrogen-bond donors (Lipinski definition) is 2. The molecule has 0 spiro atoms. The van der Waals surface area contributed by atoms with Crippen molar-refractivity contribution in [3.05, 3.63) is 47.4 Å². The SMILES string of the molecule is CNc1nc(NCCC2(c3nnc(C)o3)CCC2)nc2c1C(C)(C)CN2c1ccc(F)cc1. The first-order valence-corrected chi connectivity index (χ1v) is 11.5. The predicted molar refractivity (Wildman–Crippen MR) is 126 cm³/mol. The van der Waals surface area contributed by atoms with Crippen LogP contribution in [-0.4, -0.2) is 40.3 Å². The van der Waals surface area contributed by atoms with Crippen LogP contribution in [0.3, 0.4) is 0 Å². The summed E-state index contributed by atoms with van der Waals surface area (Å²) < 4.78 is 19.3. The summed E-state index contributed by atoms with van der Waals surface area (Å²) in [5.74, 6) is 3.32. The molecule has 1 aliphatic heterocycles. The highest BCUT2D eigenvalue weighted by Gasteiger charge is 2.43. The van der Waals surface area contributed by atoms with Gasteiger partial charge in [0.2, 0.25) is 17.7 Å². The molecule has 2 N–H and O–H groups in total. The van der Waals surface area contributed by atoms with Crippen molar-refractivity contribution in [1.29, 1.82) is 0 Å². The second kappa shape index (κ2) is 7.97. The molecule has 0 atom stereocenters. The lowest BCUT2D eigenvalue weighted by molar-refractivity contribution is 0.179. The number of rotatable bonds is 7. The van der Waals surface area contributed by atoms with Crippen molar-refractivity contribution < 1.29 is 8.81 Å². The van der Waals surface area contributed by atoms with Crippen molar-refractivity contribution >= 4 is 23.3 Å². The third-order valence-corrected chi connectivity index (χ3v) is 6.93. The highest BCUT2D eigenvalue weighted by atomic mass is 19.1. The van der Waals surface area contributed by atoms with E-state index in [4.69, 9.17) is 14.4 Å². The van der Waals surface area contributed by atoms with Gasteiger partial charge in [-0.05, 0) is 43.5 Å². The average Bonchev–Trinajstić information content (AvgIpc) is 3.31. The maximum atomic E-state index is 13.5. The molecule has 0 amide bonds. The van der Waals surface area contributed by atoms with Crippen LogP contribution in [-0.2, 0) is 10.8 Å². The van der Waals surface area contributed by atoms with Gasteiger partial charge in [-0.25, -0.2) is 4.39 Å². The average molecular weight is 452 g/mol. The standard InChI is InChI=1S/C24H30FN7O/c1-15-30-31-21(33-15)24(10-5-11-24)12-13-27-22-28-19(26-4)18-20(29-22)32(14-23(18,2)3)17-8-6-16(25)7-9-17/h6-9H,5,10-14H2,1-4H3,(H2,26,27,28,29). The Bertz CT molecular complexity index is 1150. The first-order valence-electron chi connectivity index (χ1n) is 11.5. The smallest absolute Gasteiger partial charge is 0.226 e. The quantitative estimate of drug-likeness (QED) is 0.534. The number of aromatic nitrogens is 4. The summed E-state index contributed by atoms with van der Waals surface area (Å²) in [5, 5.41) is 15.0. The van der Waals surface area contributed by atoms with Crippen molar-refractivity contribution in [3.63, 3.8) is 0 Å². The second-order valence-electron chi connectivity index (χ2n) is 9.73. The molecule has 0 bridgehead atoms. The Labute approximate surface area is 193 Å². The van der Waals surface area contributed by atoms with Crippen LogP contribution in [0.15, 0.2) is 28.7 Å². The topological polar surface area (TPSA) is 92.0 Å². The van der Waals surface area contributed by atoms with E-state index in [2.05, 4.69) is 39.6 Å². The molecule has 3 aromatic rings. The van der Waals surface area contributed by atoms with Crippen molar-refractivity contribution in [3.8, 4) is 0 Å². The fourth-order valence-electron chi connectivity index (χ4n) is 5.01. The molecule has 174 valence electrons. The molecule has 0 saturated heterocycles. The molecule has 33 heavy (non-hydrogen) atoms. The molecular formula is C24H30FN7O. The zero-order valence-electron chi connectivity index (χ0n) is 19.6. The molecule has 3 heterocycles. The van der Waals surface area contributed by atoms with Gasteiger partial charge in [-0.2, -0.15) is 9.97 Å². The van der Waals surface area contributed by atoms with Gasteiger partial charge < -0.3 is 20.0 Å². The molecule has 0 radical (unpaired) electrons. The van der Waals surface area contributed by atoms with Crippen molar-refractivity contribution in [2.45, 2.75) is 57.3 Å².